The van der Waals surface area contributed by atoms with Gasteiger partial charge < -0.3 is 25.0 Å². The largest absolute Gasteiger partial charge is 0.481 e. The summed E-state index contributed by atoms with van der Waals surface area (Å²) in [6.45, 7) is 1.55. The van der Waals surface area contributed by atoms with Gasteiger partial charge in [0.05, 0.1) is 18.8 Å². The van der Waals surface area contributed by atoms with Crippen LogP contribution in [-0.4, -0.2) is 46.7 Å². The fraction of sp³-hybridized carbons (Fsp3) is 0.394. The first kappa shape index (κ1) is 30.4. The minimum atomic E-state index is -0.808. The number of aliphatic hydroxyl groups is 1. The number of amides is 1. The number of carbonyl (C=O) groups is 2. The van der Waals surface area contributed by atoms with Crippen molar-refractivity contribution in [2.75, 3.05) is 18.9 Å². The van der Waals surface area contributed by atoms with Crippen molar-refractivity contribution in [1.29, 1.82) is 0 Å². The summed E-state index contributed by atoms with van der Waals surface area (Å²) in [7, 11) is 2.09. The highest BCUT2D eigenvalue weighted by molar-refractivity contribution is 5.90. The van der Waals surface area contributed by atoms with E-state index in [-0.39, 0.29) is 31.1 Å². The summed E-state index contributed by atoms with van der Waals surface area (Å²) in [5.41, 5.74) is 4.69. The molecule has 1 heterocycles. The van der Waals surface area contributed by atoms with Gasteiger partial charge >= 0.3 is 5.97 Å². The number of anilines is 1. The summed E-state index contributed by atoms with van der Waals surface area (Å²) in [5.74, 6) is -0.900. The maximum Gasteiger partial charge on any atom is 0.303 e. The van der Waals surface area contributed by atoms with Gasteiger partial charge in [-0.1, -0.05) is 73.2 Å². The van der Waals surface area contributed by atoms with E-state index in [9.17, 15) is 14.7 Å². The van der Waals surface area contributed by atoms with Crippen LogP contribution in [0.2, 0.25) is 0 Å². The number of benzene rings is 3. The van der Waals surface area contributed by atoms with E-state index >= 15 is 0 Å². The van der Waals surface area contributed by atoms with E-state index in [1.807, 2.05) is 66.7 Å². The van der Waals surface area contributed by atoms with Crippen molar-refractivity contribution in [2.45, 2.75) is 70.2 Å². The average Bonchev–Trinajstić information content (AvgIpc) is 2.97. The van der Waals surface area contributed by atoms with Gasteiger partial charge in [0, 0.05) is 43.6 Å². The Morgan fingerprint density at radius 1 is 0.854 bits per heavy atom. The normalized spacial score (nSPS) is 18.8. The number of ether oxygens (including phenoxy) is 2. The number of nitrogens with one attached hydrogen (secondary N) is 1. The zero-order valence-electron chi connectivity index (χ0n) is 23.6. The van der Waals surface area contributed by atoms with Crippen LogP contribution in [0.25, 0.3) is 0 Å². The number of aliphatic carboxylic acids is 1. The Morgan fingerprint density at radius 2 is 1.54 bits per heavy atom. The van der Waals surface area contributed by atoms with Crippen molar-refractivity contribution in [3.05, 3.63) is 101 Å². The third kappa shape index (κ3) is 9.79. The number of aliphatic hydroxyl groups excluding tert-OH is 1. The molecule has 1 fully saturated rings. The van der Waals surface area contributed by atoms with Gasteiger partial charge in [-0.25, -0.2) is 0 Å². The lowest BCUT2D eigenvalue weighted by atomic mass is 9.99. The summed E-state index contributed by atoms with van der Waals surface area (Å²) >= 11 is 0. The lowest BCUT2D eigenvalue weighted by Crippen LogP contribution is -2.37. The molecule has 3 aromatic carbocycles. The van der Waals surface area contributed by atoms with E-state index in [0.717, 1.165) is 29.8 Å². The van der Waals surface area contributed by atoms with Gasteiger partial charge in [-0.15, -0.1) is 0 Å². The van der Waals surface area contributed by atoms with Crippen LogP contribution in [0.4, 0.5) is 5.69 Å². The van der Waals surface area contributed by atoms with E-state index in [1.54, 1.807) is 0 Å². The fourth-order valence-corrected chi connectivity index (χ4v) is 5.03. The first-order valence-corrected chi connectivity index (χ1v) is 14.2. The molecular weight excluding hydrogens is 520 g/mol. The summed E-state index contributed by atoms with van der Waals surface area (Å²) in [4.78, 5) is 25.2. The number of nitrogens with zero attached hydrogens (tertiary/aromatic N) is 1. The van der Waals surface area contributed by atoms with Crippen LogP contribution in [0, 0.1) is 0 Å². The zero-order valence-corrected chi connectivity index (χ0v) is 23.6. The minimum absolute atomic E-state index is 0.00193. The Bertz CT molecular complexity index is 1230. The number of carbonyl (C=O) groups excluding carboxylic acids is 1. The fourth-order valence-electron chi connectivity index (χ4n) is 5.03. The monoisotopic (exact) mass is 560 g/mol. The van der Waals surface area contributed by atoms with Crippen LogP contribution in [0.3, 0.4) is 0 Å². The predicted octanol–water partition coefficient (Wildman–Crippen LogP) is 5.83. The van der Waals surface area contributed by atoms with E-state index in [0.29, 0.717) is 37.8 Å². The van der Waals surface area contributed by atoms with Crippen molar-refractivity contribution in [1.82, 2.24) is 4.90 Å². The summed E-state index contributed by atoms with van der Waals surface area (Å²) in [5, 5.41) is 21.1. The molecule has 0 aromatic heterocycles. The van der Waals surface area contributed by atoms with Crippen molar-refractivity contribution >= 4 is 17.6 Å². The van der Waals surface area contributed by atoms with Crippen molar-refractivity contribution in [3.8, 4) is 0 Å². The van der Waals surface area contributed by atoms with Gasteiger partial charge in [-0.2, -0.15) is 0 Å². The van der Waals surface area contributed by atoms with Gasteiger partial charge in [0.1, 0.15) is 0 Å². The number of likely N-dealkylation sites (N-methyl/N-ethyl adjacent to an activating group) is 1. The Labute approximate surface area is 241 Å². The quantitative estimate of drug-likeness (QED) is 0.213. The van der Waals surface area contributed by atoms with E-state index < -0.39 is 12.3 Å². The Morgan fingerprint density at radius 3 is 2.22 bits per heavy atom. The molecule has 3 atom stereocenters. The van der Waals surface area contributed by atoms with Crippen LogP contribution < -0.4 is 5.32 Å². The highest BCUT2D eigenvalue weighted by atomic mass is 16.7. The summed E-state index contributed by atoms with van der Waals surface area (Å²) in [6, 6.07) is 25.7. The first-order chi connectivity index (χ1) is 19.9. The molecule has 41 heavy (non-hydrogen) atoms. The summed E-state index contributed by atoms with van der Waals surface area (Å²) < 4.78 is 12.9. The SMILES string of the molecule is CN(Cc1ccccc1)C[C@@H]1C[C@H](c2ccc(CO)cc2)O[C@H](c2ccc(NC(=O)CCCCCC(=O)O)cc2)O1. The third-order valence-electron chi connectivity index (χ3n) is 7.19. The van der Waals surface area contributed by atoms with Crippen LogP contribution in [-0.2, 0) is 32.2 Å². The number of carboxylic acids is 1. The molecule has 1 aliphatic rings. The Balaban J connectivity index is 1.39. The average molecular weight is 561 g/mol. The molecule has 0 bridgehead atoms. The second kappa shape index (κ2) is 15.4. The van der Waals surface area contributed by atoms with E-state index in [1.165, 1.54) is 5.56 Å². The van der Waals surface area contributed by atoms with Crippen LogP contribution in [0.15, 0.2) is 78.9 Å². The Hall–Kier alpha value is -3.56. The number of hydrogen-bond donors (Lipinski definition) is 3. The number of rotatable bonds is 14. The molecule has 3 aromatic rings. The van der Waals surface area contributed by atoms with E-state index in [4.69, 9.17) is 14.6 Å². The molecule has 1 aliphatic heterocycles. The first-order valence-electron chi connectivity index (χ1n) is 14.2. The number of unbranched alkanes of at least 4 members (excludes halogenated alkanes) is 2. The smallest absolute Gasteiger partial charge is 0.303 e. The third-order valence-corrected chi connectivity index (χ3v) is 7.19. The summed E-state index contributed by atoms with van der Waals surface area (Å²) in [6.07, 6.45) is 2.33. The number of carboxylic acid groups (broad SMARTS) is 1. The molecule has 0 unspecified atom stereocenters. The standard InChI is InChI=1S/C33H40N2O6/c1-35(21-24-8-4-2-5-9-24)22-29-20-30(26-14-12-25(23-36)13-15-26)41-33(40-29)27-16-18-28(19-17-27)34-31(37)10-6-3-7-11-32(38)39/h2,4-5,8-9,12-19,29-30,33,36H,3,6-7,10-11,20-23H2,1H3,(H,34,37)(H,38,39)/t29-,30+,33+/m0/s1. The second-order valence-corrected chi connectivity index (χ2v) is 10.7. The van der Waals surface area contributed by atoms with Crippen molar-refractivity contribution < 1.29 is 29.3 Å². The predicted molar refractivity (Wildman–Crippen MR) is 157 cm³/mol. The maximum absolute atomic E-state index is 12.3. The highest BCUT2D eigenvalue weighted by Gasteiger charge is 2.32. The molecule has 8 nitrogen and oxygen atoms in total. The molecule has 4 rings (SSSR count). The van der Waals surface area contributed by atoms with E-state index in [2.05, 4.69) is 29.4 Å². The molecule has 1 amide bonds. The maximum atomic E-state index is 12.3. The van der Waals surface area contributed by atoms with Crippen LogP contribution >= 0.6 is 0 Å². The topological polar surface area (TPSA) is 108 Å². The van der Waals surface area contributed by atoms with Crippen molar-refractivity contribution in [3.63, 3.8) is 0 Å². The van der Waals surface area contributed by atoms with Gasteiger partial charge in [0.15, 0.2) is 6.29 Å². The molecule has 1 saturated heterocycles. The lowest BCUT2D eigenvalue weighted by molar-refractivity contribution is -0.252. The minimum Gasteiger partial charge on any atom is -0.481 e. The number of hydrogen-bond acceptors (Lipinski definition) is 6. The lowest BCUT2D eigenvalue weighted by Gasteiger charge is -2.38. The molecule has 0 saturated carbocycles. The molecule has 8 heteroatoms. The van der Waals surface area contributed by atoms with Crippen LogP contribution in [0.1, 0.15) is 73.2 Å². The molecule has 0 aliphatic carbocycles. The molecular formula is C33H40N2O6. The van der Waals surface area contributed by atoms with Gasteiger partial charge in [-0.05, 0) is 48.7 Å². The Kier molecular flexibility index (Phi) is 11.5. The molecule has 3 N–H and O–H groups in total. The second-order valence-electron chi connectivity index (χ2n) is 10.7. The van der Waals surface area contributed by atoms with Gasteiger partial charge in [-0.3, -0.25) is 14.5 Å². The van der Waals surface area contributed by atoms with Crippen LogP contribution in [0.5, 0.6) is 0 Å². The highest BCUT2D eigenvalue weighted by Crippen LogP contribution is 2.38. The molecule has 0 spiro atoms. The molecule has 218 valence electrons. The molecule has 0 radical (unpaired) electrons. The van der Waals surface area contributed by atoms with Gasteiger partial charge in [0.2, 0.25) is 5.91 Å². The van der Waals surface area contributed by atoms with Gasteiger partial charge in [0.25, 0.3) is 0 Å². The zero-order chi connectivity index (χ0) is 29.0. The van der Waals surface area contributed by atoms with Crippen molar-refractivity contribution in [2.24, 2.45) is 0 Å².